The highest BCUT2D eigenvalue weighted by molar-refractivity contribution is 5.55. The third-order valence-electron chi connectivity index (χ3n) is 4.40. The number of rotatable bonds is 7. The number of nitrogens with zero attached hydrogens (tertiary/aromatic N) is 5. The first-order chi connectivity index (χ1) is 12.7. The lowest BCUT2D eigenvalue weighted by Gasteiger charge is -2.33. The van der Waals surface area contributed by atoms with E-state index in [-0.39, 0.29) is 5.95 Å². The average Bonchev–Trinajstić information content (AvgIpc) is 2.64. The van der Waals surface area contributed by atoms with E-state index in [1.54, 1.807) is 0 Å². The maximum atomic E-state index is 5.88. The van der Waals surface area contributed by atoms with Crippen LogP contribution in [-0.2, 0) is 6.54 Å². The van der Waals surface area contributed by atoms with Crippen molar-refractivity contribution in [3.63, 3.8) is 0 Å². The first-order valence-electron chi connectivity index (χ1n) is 9.11. The summed E-state index contributed by atoms with van der Waals surface area (Å²) in [7, 11) is 0. The van der Waals surface area contributed by atoms with Gasteiger partial charge in [-0.1, -0.05) is 6.92 Å². The molecule has 1 aromatic heterocycles. The van der Waals surface area contributed by atoms with Crippen LogP contribution in [0.4, 0.5) is 17.6 Å². The number of aromatic nitrogens is 3. The van der Waals surface area contributed by atoms with Gasteiger partial charge in [-0.25, -0.2) is 0 Å². The first-order valence-corrected chi connectivity index (χ1v) is 9.11. The molecule has 0 aliphatic carbocycles. The summed E-state index contributed by atoms with van der Waals surface area (Å²) in [4.78, 5) is 17.8. The molecule has 0 radical (unpaired) electrons. The largest absolute Gasteiger partial charge is 0.494 e. The van der Waals surface area contributed by atoms with Crippen LogP contribution < -0.4 is 15.8 Å². The second kappa shape index (κ2) is 8.77. The number of hydrogen-bond donors (Lipinski definition) is 2. The topological polar surface area (TPSA) is 92.4 Å². The Balaban J connectivity index is 1.63. The SMILES string of the molecule is CCOc1ccc(Nc2nc(N)nc(CN3CCN(CC)CC3)n2)cc1. The summed E-state index contributed by atoms with van der Waals surface area (Å²) in [6.07, 6.45) is 0. The molecule has 140 valence electrons. The van der Waals surface area contributed by atoms with Crippen LogP contribution in [0.15, 0.2) is 24.3 Å². The van der Waals surface area contributed by atoms with Crippen LogP contribution in [0.3, 0.4) is 0 Å². The molecule has 0 spiro atoms. The van der Waals surface area contributed by atoms with E-state index in [4.69, 9.17) is 10.5 Å². The van der Waals surface area contributed by atoms with E-state index in [0.717, 1.165) is 44.2 Å². The van der Waals surface area contributed by atoms with Gasteiger partial charge >= 0.3 is 0 Å². The molecule has 1 aliphatic rings. The van der Waals surface area contributed by atoms with Gasteiger partial charge in [-0.3, -0.25) is 4.90 Å². The van der Waals surface area contributed by atoms with E-state index in [2.05, 4.69) is 37.0 Å². The maximum absolute atomic E-state index is 5.88. The minimum absolute atomic E-state index is 0.232. The lowest BCUT2D eigenvalue weighted by Crippen LogP contribution is -2.45. The number of anilines is 3. The summed E-state index contributed by atoms with van der Waals surface area (Å²) in [5.41, 5.74) is 6.75. The standard InChI is InChI=1S/C18H27N7O/c1-3-24-9-11-25(12-10-24)13-16-21-17(19)23-18(22-16)20-14-5-7-15(8-6-14)26-4-2/h5-8H,3-4,9-13H2,1-2H3,(H3,19,20,21,22,23). The Morgan fingerprint density at radius 2 is 1.69 bits per heavy atom. The summed E-state index contributed by atoms with van der Waals surface area (Å²) in [5, 5.41) is 3.18. The number of piperazine rings is 1. The fraction of sp³-hybridized carbons (Fsp3) is 0.500. The number of nitrogen functional groups attached to an aromatic ring is 1. The van der Waals surface area contributed by atoms with Gasteiger partial charge in [-0.15, -0.1) is 0 Å². The van der Waals surface area contributed by atoms with Gasteiger partial charge in [0, 0.05) is 31.9 Å². The van der Waals surface area contributed by atoms with E-state index in [1.807, 2.05) is 31.2 Å². The fourth-order valence-electron chi connectivity index (χ4n) is 2.96. The second-order valence-corrected chi connectivity index (χ2v) is 6.23. The average molecular weight is 357 g/mol. The zero-order valence-electron chi connectivity index (χ0n) is 15.5. The molecule has 0 amide bonds. The van der Waals surface area contributed by atoms with E-state index >= 15 is 0 Å². The van der Waals surface area contributed by atoms with Gasteiger partial charge in [0.25, 0.3) is 0 Å². The molecule has 1 aliphatic heterocycles. The molecule has 0 bridgehead atoms. The van der Waals surface area contributed by atoms with Crippen molar-refractivity contribution in [3.8, 4) is 5.75 Å². The van der Waals surface area contributed by atoms with E-state index < -0.39 is 0 Å². The fourth-order valence-corrected chi connectivity index (χ4v) is 2.96. The molecule has 1 saturated heterocycles. The second-order valence-electron chi connectivity index (χ2n) is 6.23. The summed E-state index contributed by atoms with van der Waals surface area (Å²) >= 11 is 0. The number of benzene rings is 1. The highest BCUT2D eigenvalue weighted by atomic mass is 16.5. The molecule has 8 heteroatoms. The molecule has 0 atom stereocenters. The van der Waals surface area contributed by atoms with Crippen LogP contribution in [0.5, 0.6) is 5.75 Å². The summed E-state index contributed by atoms with van der Waals surface area (Å²) in [6.45, 7) is 10.8. The molecular weight excluding hydrogens is 330 g/mol. The number of hydrogen-bond acceptors (Lipinski definition) is 8. The minimum atomic E-state index is 0.232. The number of nitrogens with one attached hydrogen (secondary N) is 1. The highest BCUT2D eigenvalue weighted by Crippen LogP contribution is 2.19. The lowest BCUT2D eigenvalue weighted by atomic mass is 10.3. The van der Waals surface area contributed by atoms with Crippen LogP contribution in [0.1, 0.15) is 19.7 Å². The van der Waals surface area contributed by atoms with Gasteiger partial charge in [0.2, 0.25) is 11.9 Å². The monoisotopic (exact) mass is 357 g/mol. The highest BCUT2D eigenvalue weighted by Gasteiger charge is 2.17. The van der Waals surface area contributed by atoms with E-state index in [1.165, 1.54) is 0 Å². The normalized spacial score (nSPS) is 15.8. The van der Waals surface area contributed by atoms with Crippen LogP contribution in [0.2, 0.25) is 0 Å². The maximum Gasteiger partial charge on any atom is 0.232 e. The Bertz CT molecular complexity index is 699. The number of likely N-dealkylation sites (N-methyl/N-ethyl adjacent to an activating group) is 1. The molecule has 0 saturated carbocycles. The molecule has 3 rings (SSSR count). The molecule has 1 aromatic carbocycles. The van der Waals surface area contributed by atoms with Crippen molar-refractivity contribution in [2.75, 3.05) is 50.4 Å². The lowest BCUT2D eigenvalue weighted by molar-refractivity contribution is 0.129. The molecular formula is C18H27N7O. The van der Waals surface area contributed by atoms with Gasteiger partial charge in [0.1, 0.15) is 11.6 Å². The van der Waals surface area contributed by atoms with Crippen molar-refractivity contribution in [1.82, 2.24) is 24.8 Å². The Labute approximate surface area is 154 Å². The Kier molecular flexibility index (Phi) is 6.19. The van der Waals surface area contributed by atoms with Crippen LogP contribution >= 0.6 is 0 Å². The summed E-state index contributed by atoms with van der Waals surface area (Å²) in [5.74, 6) is 2.22. The Morgan fingerprint density at radius 3 is 2.35 bits per heavy atom. The Morgan fingerprint density at radius 1 is 1.00 bits per heavy atom. The minimum Gasteiger partial charge on any atom is -0.494 e. The predicted molar refractivity (Wildman–Crippen MR) is 103 cm³/mol. The van der Waals surface area contributed by atoms with Crippen molar-refractivity contribution in [3.05, 3.63) is 30.1 Å². The number of ether oxygens (including phenoxy) is 1. The van der Waals surface area contributed by atoms with Gasteiger partial charge in [0.15, 0.2) is 0 Å². The van der Waals surface area contributed by atoms with Crippen LogP contribution in [0, 0.1) is 0 Å². The smallest absolute Gasteiger partial charge is 0.232 e. The molecule has 2 heterocycles. The Hall–Kier alpha value is -2.45. The van der Waals surface area contributed by atoms with Crippen molar-refractivity contribution < 1.29 is 4.74 Å². The third-order valence-corrected chi connectivity index (χ3v) is 4.40. The van der Waals surface area contributed by atoms with Gasteiger partial charge in [-0.05, 0) is 37.7 Å². The van der Waals surface area contributed by atoms with Gasteiger partial charge in [0.05, 0.1) is 13.2 Å². The number of nitrogens with two attached hydrogens (primary N) is 1. The van der Waals surface area contributed by atoms with E-state index in [0.29, 0.717) is 24.9 Å². The first kappa shape index (κ1) is 18.3. The molecule has 0 unspecified atom stereocenters. The van der Waals surface area contributed by atoms with Crippen LogP contribution in [-0.4, -0.2) is 64.1 Å². The van der Waals surface area contributed by atoms with Crippen molar-refractivity contribution >= 4 is 17.6 Å². The van der Waals surface area contributed by atoms with Crippen molar-refractivity contribution in [1.29, 1.82) is 0 Å². The van der Waals surface area contributed by atoms with Crippen molar-refractivity contribution in [2.45, 2.75) is 20.4 Å². The van der Waals surface area contributed by atoms with Gasteiger partial charge in [-0.2, -0.15) is 15.0 Å². The van der Waals surface area contributed by atoms with Crippen molar-refractivity contribution in [2.24, 2.45) is 0 Å². The zero-order valence-corrected chi connectivity index (χ0v) is 15.5. The predicted octanol–water partition coefficient (Wildman–Crippen LogP) is 1.73. The quantitative estimate of drug-likeness (QED) is 0.774. The van der Waals surface area contributed by atoms with Gasteiger partial charge < -0.3 is 20.7 Å². The third kappa shape index (κ3) is 5.03. The van der Waals surface area contributed by atoms with E-state index in [9.17, 15) is 0 Å². The molecule has 2 aromatic rings. The zero-order chi connectivity index (χ0) is 18.4. The van der Waals surface area contributed by atoms with Crippen LogP contribution in [0.25, 0.3) is 0 Å². The molecule has 1 fully saturated rings. The molecule has 3 N–H and O–H groups in total. The summed E-state index contributed by atoms with van der Waals surface area (Å²) < 4.78 is 5.45. The molecule has 8 nitrogen and oxygen atoms in total. The molecule has 26 heavy (non-hydrogen) atoms. The summed E-state index contributed by atoms with van der Waals surface area (Å²) in [6, 6.07) is 7.66.